The molecular weight excluding hydrogens is 264 g/mol. The molecule has 0 unspecified atom stereocenters. The lowest BCUT2D eigenvalue weighted by molar-refractivity contribution is 0.0484. The highest BCUT2D eigenvalue weighted by molar-refractivity contribution is 6.01. The summed E-state index contributed by atoms with van der Waals surface area (Å²) in [5.41, 5.74) is 8.65. The van der Waals surface area contributed by atoms with Crippen LogP contribution in [0.1, 0.15) is 36.2 Å². The zero-order valence-corrected chi connectivity index (χ0v) is 12.6. The molecule has 0 bridgehead atoms. The number of para-hydroxylation sites is 1. The Labute approximate surface area is 124 Å². The molecule has 1 aliphatic rings. The van der Waals surface area contributed by atoms with Gasteiger partial charge in [-0.2, -0.15) is 0 Å². The summed E-state index contributed by atoms with van der Waals surface area (Å²) in [4.78, 5) is 12.9. The fraction of sp³-hybridized carbons (Fsp3) is 0.471. The zero-order chi connectivity index (χ0) is 15.0. The number of nitrogen functional groups attached to an aromatic ring is 1. The zero-order valence-electron chi connectivity index (χ0n) is 12.6. The largest absolute Gasteiger partial charge is 0.397 e. The van der Waals surface area contributed by atoms with Crippen LogP contribution < -0.4 is 5.73 Å². The third-order valence-electron chi connectivity index (χ3n) is 4.74. The van der Waals surface area contributed by atoms with E-state index in [0.29, 0.717) is 11.8 Å². The summed E-state index contributed by atoms with van der Waals surface area (Å²) in [7, 11) is 1.75. The molecule has 0 radical (unpaired) electrons. The Balaban J connectivity index is 1.94. The van der Waals surface area contributed by atoms with Crippen LogP contribution in [0.2, 0.25) is 0 Å². The van der Waals surface area contributed by atoms with Crippen molar-refractivity contribution in [1.29, 1.82) is 0 Å². The van der Waals surface area contributed by atoms with Crippen LogP contribution in [0, 0.1) is 12.8 Å². The molecule has 1 aromatic carbocycles. The van der Waals surface area contributed by atoms with Crippen LogP contribution in [0.4, 0.5) is 5.69 Å². The second-order valence-electron chi connectivity index (χ2n) is 5.90. The molecule has 1 aliphatic carbocycles. The fourth-order valence-corrected chi connectivity index (χ4v) is 3.40. The predicted molar refractivity (Wildman–Crippen MR) is 84.5 cm³/mol. The van der Waals surface area contributed by atoms with Crippen molar-refractivity contribution in [2.45, 2.75) is 38.7 Å². The molecule has 0 amide bonds. The van der Waals surface area contributed by atoms with Crippen LogP contribution in [0.5, 0.6) is 0 Å². The van der Waals surface area contributed by atoms with E-state index in [1.807, 2.05) is 35.8 Å². The maximum atomic E-state index is 12.9. The van der Waals surface area contributed by atoms with E-state index in [-0.39, 0.29) is 11.8 Å². The van der Waals surface area contributed by atoms with Crippen LogP contribution in [-0.2, 0) is 4.74 Å². The van der Waals surface area contributed by atoms with Crippen LogP contribution >= 0.6 is 0 Å². The Morgan fingerprint density at radius 2 is 1.90 bits per heavy atom. The van der Waals surface area contributed by atoms with E-state index in [0.717, 1.165) is 42.3 Å². The van der Waals surface area contributed by atoms with Crippen LogP contribution in [-0.4, -0.2) is 23.7 Å². The van der Waals surface area contributed by atoms with E-state index in [1.165, 1.54) is 0 Å². The SMILES string of the molecule is COC1CCC(C(=O)n2c(C)c(N)c3ccccc32)CC1. The fourth-order valence-electron chi connectivity index (χ4n) is 3.40. The maximum absolute atomic E-state index is 12.9. The molecule has 21 heavy (non-hydrogen) atoms. The van der Waals surface area contributed by atoms with Gasteiger partial charge in [-0.3, -0.25) is 9.36 Å². The second kappa shape index (κ2) is 5.53. The molecule has 0 aliphatic heterocycles. The van der Waals surface area contributed by atoms with Gasteiger partial charge in [0.15, 0.2) is 0 Å². The lowest BCUT2D eigenvalue weighted by atomic mass is 9.86. The molecule has 0 spiro atoms. The van der Waals surface area contributed by atoms with Crippen LogP contribution in [0.3, 0.4) is 0 Å². The van der Waals surface area contributed by atoms with Gasteiger partial charge in [-0.15, -0.1) is 0 Å². The predicted octanol–water partition coefficient (Wildman–Crippen LogP) is 3.38. The molecule has 1 saturated carbocycles. The van der Waals surface area contributed by atoms with Crippen molar-refractivity contribution >= 4 is 22.5 Å². The van der Waals surface area contributed by atoms with E-state index in [4.69, 9.17) is 10.5 Å². The Kier molecular flexibility index (Phi) is 3.72. The molecule has 112 valence electrons. The molecule has 1 heterocycles. The highest BCUT2D eigenvalue weighted by atomic mass is 16.5. The highest BCUT2D eigenvalue weighted by Gasteiger charge is 2.29. The van der Waals surface area contributed by atoms with E-state index >= 15 is 0 Å². The van der Waals surface area contributed by atoms with Crippen molar-refractivity contribution in [2.75, 3.05) is 12.8 Å². The number of ether oxygens (including phenoxy) is 1. The third-order valence-corrected chi connectivity index (χ3v) is 4.74. The molecule has 0 atom stereocenters. The first kappa shape index (κ1) is 14.1. The summed E-state index contributed by atoms with van der Waals surface area (Å²) >= 11 is 0. The number of anilines is 1. The summed E-state index contributed by atoms with van der Waals surface area (Å²) < 4.78 is 7.19. The number of methoxy groups -OCH3 is 1. The third kappa shape index (κ3) is 2.33. The summed E-state index contributed by atoms with van der Waals surface area (Å²) in [6, 6.07) is 7.85. The minimum absolute atomic E-state index is 0.0744. The monoisotopic (exact) mass is 286 g/mol. The number of benzene rings is 1. The molecule has 4 nitrogen and oxygen atoms in total. The van der Waals surface area contributed by atoms with E-state index in [2.05, 4.69) is 0 Å². The molecular formula is C17H22N2O2. The second-order valence-corrected chi connectivity index (χ2v) is 5.90. The number of aromatic nitrogens is 1. The minimum Gasteiger partial charge on any atom is -0.397 e. The quantitative estimate of drug-likeness (QED) is 0.920. The van der Waals surface area contributed by atoms with Crippen molar-refractivity contribution in [1.82, 2.24) is 4.57 Å². The minimum atomic E-state index is 0.0744. The molecule has 0 saturated heterocycles. The Morgan fingerprint density at radius 1 is 1.24 bits per heavy atom. The summed E-state index contributed by atoms with van der Waals surface area (Å²) in [5.74, 6) is 0.250. The van der Waals surface area contributed by atoms with Crippen molar-refractivity contribution in [3.05, 3.63) is 30.0 Å². The number of fused-ring (bicyclic) bond motifs is 1. The number of hydrogen-bond donors (Lipinski definition) is 1. The summed E-state index contributed by atoms with van der Waals surface area (Å²) in [6.07, 6.45) is 4.01. The summed E-state index contributed by atoms with van der Waals surface area (Å²) in [5, 5.41) is 0.967. The van der Waals surface area contributed by atoms with Gasteiger partial charge in [0.05, 0.1) is 17.3 Å². The van der Waals surface area contributed by atoms with Gasteiger partial charge in [0, 0.05) is 24.1 Å². The van der Waals surface area contributed by atoms with E-state index < -0.39 is 0 Å². The van der Waals surface area contributed by atoms with Crippen molar-refractivity contribution < 1.29 is 9.53 Å². The van der Waals surface area contributed by atoms with Crippen molar-refractivity contribution in [3.63, 3.8) is 0 Å². The number of carbonyl (C=O) groups is 1. The lowest BCUT2D eigenvalue weighted by Gasteiger charge is -2.27. The first-order valence-corrected chi connectivity index (χ1v) is 7.56. The summed E-state index contributed by atoms with van der Waals surface area (Å²) in [6.45, 7) is 1.92. The number of hydrogen-bond acceptors (Lipinski definition) is 3. The van der Waals surface area contributed by atoms with Gasteiger partial charge in [0.2, 0.25) is 5.91 Å². The molecule has 3 rings (SSSR count). The van der Waals surface area contributed by atoms with Gasteiger partial charge in [-0.25, -0.2) is 0 Å². The van der Waals surface area contributed by atoms with E-state index in [1.54, 1.807) is 7.11 Å². The highest BCUT2D eigenvalue weighted by Crippen LogP contribution is 2.32. The number of rotatable bonds is 2. The van der Waals surface area contributed by atoms with Crippen molar-refractivity contribution in [2.24, 2.45) is 5.92 Å². The standard InChI is InChI=1S/C17H22N2O2/c1-11-16(18)14-5-3-4-6-15(14)19(11)17(20)12-7-9-13(21-2)10-8-12/h3-6,12-13H,7-10,18H2,1-2H3. The average Bonchev–Trinajstić information content (AvgIpc) is 2.79. The Bertz CT molecular complexity index is 667. The van der Waals surface area contributed by atoms with Gasteiger partial charge in [-0.1, -0.05) is 18.2 Å². The van der Waals surface area contributed by atoms with Gasteiger partial charge in [-0.05, 0) is 38.7 Å². The van der Waals surface area contributed by atoms with Gasteiger partial charge >= 0.3 is 0 Å². The normalized spacial score (nSPS) is 22.6. The Morgan fingerprint density at radius 3 is 2.57 bits per heavy atom. The number of carbonyl (C=O) groups excluding carboxylic acids is 1. The van der Waals surface area contributed by atoms with Crippen LogP contribution in [0.15, 0.2) is 24.3 Å². The lowest BCUT2D eigenvalue weighted by Crippen LogP contribution is -2.29. The number of nitrogens with two attached hydrogens (primary N) is 1. The first-order chi connectivity index (χ1) is 10.1. The smallest absolute Gasteiger partial charge is 0.234 e. The molecule has 1 aromatic heterocycles. The topological polar surface area (TPSA) is 57.2 Å². The maximum Gasteiger partial charge on any atom is 0.234 e. The van der Waals surface area contributed by atoms with Gasteiger partial charge < -0.3 is 10.5 Å². The molecule has 1 fully saturated rings. The molecule has 2 aromatic rings. The van der Waals surface area contributed by atoms with Crippen LogP contribution in [0.25, 0.3) is 10.9 Å². The molecule has 4 heteroatoms. The van der Waals surface area contributed by atoms with Crippen molar-refractivity contribution in [3.8, 4) is 0 Å². The van der Waals surface area contributed by atoms with Gasteiger partial charge in [0.25, 0.3) is 0 Å². The average molecular weight is 286 g/mol. The Hall–Kier alpha value is -1.81. The van der Waals surface area contributed by atoms with E-state index in [9.17, 15) is 4.79 Å². The number of nitrogens with zero attached hydrogens (tertiary/aromatic N) is 1. The molecule has 2 N–H and O–H groups in total. The van der Waals surface area contributed by atoms with Gasteiger partial charge in [0.1, 0.15) is 0 Å². The first-order valence-electron chi connectivity index (χ1n) is 7.56.